The number of benzene rings is 1. The molecule has 0 saturated carbocycles. The van der Waals surface area contributed by atoms with Gasteiger partial charge in [-0.15, -0.1) is 0 Å². The van der Waals surface area contributed by atoms with Gasteiger partial charge in [0.2, 0.25) is 0 Å². The molecule has 25 heavy (non-hydrogen) atoms. The Balaban J connectivity index is 2.12. The summed E-state index contributed by atoms with van der Waals surface area (Å²) in [6.45, 7) is 1.81. The van der Waals surface area contributed by atoms with Crippen LogP contribution >= 0.6 is 23.2 Å². The van der Waals surface area contributed by atoms with Gasteiger partial charge in [-0.1, -0.05) is 53.0 Å². The first-order valence-electron chi connectivity index (χ1n) is 7.12. The quantitative estimate of drug-likeness (QED) is 0.634. The SMILES string of the molecule is Cc1ccc(-c2nc(C(F)(F)F)c(Cl)n2Cc2ncc(Cl)cn2)cc1. The Morgan fingerprint density at radius 3 is 2.20 bits per heavy atom. The lowest BCUT2D eigenvalue weighted by Gasteiger charge is -2.09. The Labute approximate surface area is 151 Å². The average Bonchev–Trinajstić information content (AvgIpc) is 2.87. The van der Waals surface area contributed by atoms with Gasteiger partial charge in [0.1, 0.15) is 16.8 Å². The van der Waals surface area contributed by atoms with Gasteiger partial charge in [0.15, 0.2) is 5.69 Å². The minimum Gasteiger partial charge on any atom is -0.307 e. The third-order valence-corrected chi connectivity index (χ3v) is 4.04. The first-order valence-corrected chi connectivity index (χ1v) is 7.88. The molecule has 4 nitrogen and oxygen atoms in total. The number of aromatic nitrogens is 4. The summed E-state index contributed by atoms with van der Waals surface area (Å²) in [6.07, 6.45) is -1.93. The third-order valence-electron chi connectivity index (χ3n) is 3.46. The Hall–Kier alpha value is -2.12. The van der Waals surface area contributed by atoms with Crippen LogP contribution in [0.4, 0.5) is 13.2 Å². The zero-order valence-electron chi connectivity index (χ0n) is 12.8. The van der Waals surface area contributed by atoms with Crippen LogP contribution in [-0.2, 0) is 12.7 Å². The molecule has 0 aliphatic carbocycles. The highest BCUT2D eigenvalue weighted by Crippen LogP contribution is 2.37. The van der Waals surface area contributed by atoms with Gasteiger partial charge in [-0.3, -0.25) is 0 Å². The molecule has 130 valence electrons. The summed E-state index contributed by atoms with van der Waals surface area (Å²) in [5.74, 6) is 0.363. The number of nitrogens with zero attached hydrogens (tertiary/aromatic N) is 4. The summed E-state index contributed by atoms with van der Waals surface area (Å²) in [4.78, 5) is 11.7. The predicted octanol–water partition coefficient (Wildman–Crippen LogP) is 5.02. The van der Waals surface area contributed by atoms with E-state index >= 15 is 0 Å². The molecule has 0 aliphatic rings. The number of rotatable bonds is 3. The van der Waals surface area contributed by atoms with Crippen molar-refractivity contribution < 1.29 is 13.2 Å². The van der Waals surface area contributed by atoms with E-state index in [0.717, 1.165) is 5.56 Å². The van der Waals surface area contributed by atoms with Crippen molar-refractivity contribution in [1.29, 1.82) is 0 Å². The van der Waals surface area contributed by atoms with Crippen LogP contribution in [0.15, 0.2) is 36.7 Å². The van der Waals surface area contributed by atoms with Crippen molar-refractivity contribution in [3.05, 3.63) is 63.9 Å². The van der Waals surface area contributed by atoms with Crippen LogP contribution < -0.4 is 0 Å². The van der Waals surface area contributed by atoms with E-state index in [4.69, 9.17) is 23.2 Å². The summed E-state index contributed by atoms with van der Waals surface area (Å²) in [5.41, 5.74) is 0.348. The molecule has 1 aromatic carbocycles. The molecular weight excluding hydrogens is 376 g/mol. The lowest BCUT2D eigenvalue weighted by atomic mass is 10.1. The van der Waals surface area contributed by atoms with Crippen molar-refractivity contribution >= 4 is 23.2 Å². The monoisotopic (exact) mass is 386 g/mol. The van der Waals surface area contributed by atoms with Crippen LogP contribution in [0, 0.1) is 6.92 Å². The molecule has 0 N–H and O–H groups in total. The van der Waals surface area contributed by atoms with E-state index in [1.54, 1.807) is 24.3 Å². The van der Waals surface area contributed by atoms with E-state index in [2.05, 4.69) is 15.0 Å². The highest BCUT2D eigenvalue weighted by molar-refractivity contribution is 6.30. The molecular formula is C16H11Cl2F3N4. The van der Waals surface area contributed by atoms with Gasteiger partial charge in [-0.2, -0.15) is 13.2 Å². The second-order valence-electron chi connectivity index (χ2n) is 5.34. The summed E-state index contributed by atoms with van der Waals surface area (Å²) >= 11 is 11.7. The number of hydrogen-bond donors (Lipinski definition) is 0. The second-order valence-corrected chi connectivity index (χ2v) is 6.14. The smallest absolute Gasteiger partial charge is 0.307 e. The molecule has 0 spiro atoms. The topological polar surface area (TPSA) is 43.6 Å². The van der Waals surface area contributed by atoms with Crippen LogP contribution in [0.5, 0.6) is 0 Å². The largest absolute Gasteiger partial charge is 0.436 e. The fourth-order valence-electron chi connectivity index (χ4n) is 2.24. The first-order chi connectivity index (χ1) is 11.8. The highest BCUT2D eigenvalue weighted by Gasteiger charge is 2.39. The number of halogens is 5. The minimum atomic E-state index is -4.66. The predicted molar refractivity (Wildman–Crippen MR) is 88.6 cm³/mol. The van der Waals surface area contributed by atoms with Gasteiger partial charge in [0, 0.05) is 18.0 Å². The Morgan fingerprint density at radius 2 is 1.64 bits per heavy atom. The van der Waals surface area contributed by atoms with Gasteiger partial charge >= 0.3 is 6.18 Å². The average molecular weight is 387 g/mol. The molecule has 0 atom stereocenters. The maximum Gasteiger partial charge on any atom is 0.436 e. The molecule has 2 aromatic heterocycles. The fraction of sp³-hybridized carbons (Fsp3) is 0.188. The molecule has 0 radical (unpaired) electrons. The molecule has 0 aliphatic heterocycles. The van der Waals surface area contributed by atoms with Crippen LogP contribution in [0.1, 0.15) is 17.1 Å². The van der Waals surface area contributed by atoms with Crippen LogP contribution in [0.25, 0.3) is 11.4 Å². The molecule has 0 amide bonds. The molecule has 0 saturated heterocycles. The summed E-state index contributed by atoms with van der Waals surface area (Å²) in [6, 6.07) is 6.95. The van der Waals surface area contributed by atoms with Gasteiger partial charge in [-0.05, 0) is 6.92 Å². The highest BCUT2D eigenvalue weighted by atomic mass is 35.5. The molecule has 3 aromatic rings. The second kappa shape index (κ2) is 6.65. The van der Waals surface area contributed by atoms with Crippen molar-refractivity contribution in [2.75, 3.05) is 0 Å². The molecule has 0 unspecified atom stereocenters. The van der Waals surface area contributed by atoms with Crippen molar-refractivity contribution in [2.45, 2.75) is 19.6 Å². The van der Waals surface area contributed by atoms with Crippen LogP contribution in [-0.4, -0.2) is 19.5 Å². The molecule has 3 rings (SSSR count). The molecule has 0 bridgehead atoms. The van der Waals surface area contributed by atoms with E-state index in [1.807, 2.05) is 6.92 Å². The van der Waals surface area contributed by atoms with E-state index in [0.29, 0.717) is 10.6 Å². The molecule has 2 heterocycles. The Bertz CT molecular complexity index is 887. The maximum atomic E-state index is 13.2. The zero-order chi connectivity index (χ0) is 18.2. The lowest BCUT2D eigenvalue weighted by Crippen LogP contribution is -2.08. The number of imidazole rings is 1. The van der Waals surface area contributed by atoms with Gasteiger partial charge in [-0.25, -0.2) is 15.0 Å². The zero-order valence-corrected chi connectivity index (χ0v) is 14.4. The summed E-state index contributed by atoms with van der Waals surface area (Å²) < 4.78 is 40.8. The summed E-state index contributed by atoms with van der Waals surface area (Å²) in [7, 11) is 0. The van der Waals surface area contributed by atoms with Crippen molar-refractivity contribution in [3.63, 3.8) is 0 Å². The fourth-order valence-corrected chi connectivity index (χ4v) is 2.63. The normalized spacial score (nSPS) is 11.8. The van der Waals surface area contributed by atoms with Crippen LogP contribution in [0.2, 0.25) is 10.2 Å². The van der Waals surface area contributed by atoms with Gasteiger partial charge in [0.25, 0.3) is 0 Å². The van der Waals surface area contributed by atoms with Crippen molar-refractivity contribution in [2.24, 2.45) is 0 Å². The number of hydrogen-bond acceptors (Lipinski definition) is 3. The van der Waals surface area contributed by atoms with Gasteiger partial charge in [0.05, 0.1) is 11.6 Å². The van der Waals surface area contributed by atoms with E-state index in [-0.39, 0.29) is 18.2 Å². The van der Waals surface area contributed by atoms with Gasteiger partial charge < -0.3 is 4.57 Å². The van der Waals surface area contributed by atoms with Crippen molar-refractivity contribution in [1.82, 2.24) is 19.5 Å². The third kappa shape index (κ3) is 3.77. The van der Waals surface area contributed by atoms with Crippen LogP contribution in [0.3, 0.4) is 0 Å². The van der Waals surface area contributed by atoms with Crippen molar-refractivity contribution in [3.8, 4) is 11.4 Å². The van der Waals surface area contributed by atoms with E-state index in [1.165, 1.54) is 17.0 Å². The minimum absolute atomic E-state index is 0.0672. The van der Waals surface area contributed by atoms with E-state index < -0.39 is 17.0 Å². The molecule has 9 heteroatoms. The maximum absolute atomic E-state index is 13.2. The summed E-state index contributed by atoms with van der Waals surface area (Å²) in [5, 5.41) is -0.183. The Kier molecular flexibility index (Phi) is 4.71. The lowest BCUT2D eigenvalue weighted by molar-refractivity contribution is -0.140. The molecule has 0 fully saturated rings. The standard InChI is InChI=1S/C16H11Cl2F3N4/c1-9-2-4-10(5-3-9)15-24-13(16(19,20)21)14(18)25(15)8-12-22-6-11(17)7-23-12/h2-7H,8H2,1H3. The van der Waals surface area contributed by atoms with E-state index in [9.17, 15) is 13.2 Å². The number of aryl methyl sites for hydroxylation is 1. The first kappa shape index (κ1) is 17.7. The Morgan fingerprint density at radius 1 is 1.04 bits per heavy atom. The number of alkyl halides is 3.